The van der Waals surface area contributed by atoms with Gasteiger partial charge < -0.3 is 5.32 Å². The van der Waals surface area contributed by atoms with Crippen LogP contribution in [0.5, 0.6) is 0 Å². The molecule has 1 aliphatic carbocycles. The van der Waals surface area contributed by atoms with E-state index in [9.17, 15) is 0 Å². The van der Waals surface area contributed by atoms with E-state index < -0.39 is 0 Å². The molecular formula is C17H27N. The van der Waals surface area contributed by atoms with E-state index >= 15 is 0 Å². The summed E-state index contributed by atoms with van der Waals surface area (Å²) in [7, 11) is 0. The molecule has 1 aromatic carbocycles. The lowest BCUT2D eigenvalue weighted by atomic mass is 9.75. The molecule has 0 spiro atoms. The number of nitrogens with one attached hydrogen (secondary N) is 1. The second kappa shape index (κ2) is 5.88. The first-order chi connectivity index (χ1) is 8.64. The van der Waals surface area contributed by atoms with Crippen molar-refractivity contribution in [1.82, 2.24) is 5.32 Å². The summed E-state index contributed by atoms with van der Waals surface area (Å²) in [5, 5.41) is 3.78. The predicted octanol–water partition coefficient (Wildman–Crippen LogP) is 4.13. The molecule has 0 amide bonds. The van der Waals surface area contributed by atoms with Gasteiger partial charge in [0, 0.05) is 11.5 Å². The van der Waals surface area contributed by atoms with Gasteiger partial charge in [-0.2, -0.15) is 0 Å². The molecule has 0 radical (unpaired) electrons. The normalized spacial score (nSPS) is 17.7. The van der Waals surface area contributed by atoms with Crippen molar-refractivity contribution in [2.75, 3.05) is 6.54 Å². The number of benzene rings is 1. The Labute approximate surface area is 112 Å². The summed E-state index contributed by atoms with van der Waals surface area (Å²) in [5.74, 6) is 0.974. The SMILES string of the molecule is CCCNC(CC1CC1)C(C)(C)c1ccccc1. The van der Waals surface area contributed by atoms with Gasteiger partial charge in [-0.3, -0.25) is 0 Å². The van der Waals surface area contributed by atoms with E-state index in [4.69, 9.17) is 0 Å². The molecule has 1 N–H and O–H groups in total. The smallest absolute Gasteiger partial charge is 0.0161 e. The van der Waals surface area contributed by atoms with Crippen LogP contribution in [0, 0.1) is 5.92 Å². The van der Waals surface area contributed by atoms with Gasteiger partial charge in [0.25, 0.3) is 0 Å². The fourth-order valence-electron chi connectivity index (χ4n) is 2.71. The molecule has 0 bridgehead atoms. The van der Waals surface area contributed by atoms with Gasteiger partial charge in [0.05, 0.1) is 0 Å². The second-order valence-corrected chi connectivity index (χ2v) is 6.27. The van der Waals surface area contributed by atoms with Gasteiger partial charge >= 0.3 is 0 Å². The van der Waals surface area contributed by atoms with Crippen LogP contribution in [-0.4, -0.2) is 12.6 Å². The van der Waals surface area contributed by atoms with E-state index in [2.05, 4.69) is 56.4 Å². The van der Waals surface area contributed by atoms with Crippen LogP contribution in [-0.2, 0) is 5.41 Å². The lowest BCUT2D eigenvalue weighted by molar-refractivity contribution is 0.311. The zero-order chi connectivity index (χ0) is 13.0. The molecule has 1 aromatic rings. The van der Waals surface area contributed by atoms with Crippen molar-refractivity contribution in [2.24, 2.45) is 5.92 Å². The van der Waals surface area contributed by atoms with Crippen LogP contribution in [0.15, 0.2) is 30.3 Å². The van der Waals surface area contributed by atoms with Gasteiger partial charge in [0.15, 0.2) is 0 Å². The topological polar surface area (TPSA) is 12.0 Å². The average Bonchev–Trinajstić information content (AvgIpc) is 3.19. The van der Waals surface area contributed by atoms with Crippen molar-refractivity contribution in [3.05, 3.63) is 35.9 Å². The molecule has 2 rings (SSSR count). The summed E-state index contributed by atoms with van der Waals surface area (Å²) >= 11 is 0. The van der Waals surface area contributed by atoms with Gasteiger partial charge in [-0.15, -0.1) is 0 Å². The van der Waals surface area contributed by atoms with E-state index in [1.165, 1.54) is 31.2 Å². The van der Waals surface area contributed by atoms with Gasteiger partial charge in [0.2, 0.25) is 0 Å². The lowest BCUT2D eigenvalue weighted by Crippen LogP contribution is -2.45. The summed E-state index contributed by atoms with van der Waals surface area (Å²) in [6.07, 6.45) is 5.43. The van der Waals surface area contributed by atoms with E-state index in [0.29, 0.717) is 6.04 Å². The molecule has 0 saturated heterocycles. The Morgan fingerprint density at radius 1 is 1.22 bits per heavy atom. The van der Waals surface area contributed by atoms with Gasteiger partial charge in [-0.25, -0.2) is 0 Å². The molecular weight excluding hydrogens is 218 g/mol. The third-order valence-corrected chi connectivity index (χ3v) is 4.30. The third-order valence-electron chi connectivity index (χ3n) is 4.30. The highest BCUT2D eigenvalue weighted by molar-refractivity contribution is 5.26. The maximum Gasteiger partial charge on any atom is 0.0161 e. The zero-order valence-corrected chi connectivity index (χ0v) is 12.1. The zero-order valence-electron chi connectivity index (χ0n) is 12.1. The molecule has 100 valence electrons. The molecule has 18 heavy (non-hydrogen) atoms. The quantitative estimate of drug-likeness (QED) is 0.761. The van der Waals surface area contributed by atoms with Crippen LogP contribution < -0.4 is 5.32 Å². The van der Waals surface area contributed by atoms with Crippen LogP contribution in [0.1, 0.15) is 52.0 Å². The van der Waals surface area contributed by atoms with E-state index in [1.807, 2.05) is 0 Å². The second-order valence-electron chi connectivity index (χ2n) is 6.27. The lowest BCUT2D eigenvalue weighted by Gasteiger charge is -2.36. The monoisotopic (exact) mass is 245 g/mol. The summed E-state index contributed by atoms with van der Waals surface area (Å²) in [4.78, 5) is 0. The molecule has 0 aliphatic heterocycles. The average molecular weight is 245 g/mol. The Hall–Kier alpha value is -0.820. The maximum absolute atomic E-state index is 3.78. The molecule has 1 aliphatic rings. The van der Waals surface area contributed by atoms with Crippen LogP contribution in [0.3, 0.4) is 0 Å². The highest BCUT2D eigenvalue weighted by atomic mass is 14.9. The predicted molar refractivity (Wildman–Crippen MR) is 78.9 cm³/mol. The van der Waals surface area contributed by atoms with Crippen LogP contribution in [0.25, 0.3) is 0 Å². The Kier molecular flexibility index (Phi) is 4.45. The van der Waals surface area contributed by atoms with Crippen molar-refractivity contribution >= 4 is 0 Å². The van der Waals surface area contributed by atoms with Crippen LogP contribution in [0.2, 0.25) is 0 Å². The summed E-state index contributed by atoms with van der Waals surface area (Å²) in [6, 6.07) is 11.6. The first kappa shape index (κ1) is 13.6. The Morgan fingerprint density at radius 3 is 2.44 bits per heavy atom. The van der Waals surface area contributed by atoms with Gasteiger partial charge in [-0.05, 0) is 30.9 Å². The first-order valence-corrected chi connectivity index (χ1v) is 7.43. The van der Waals surface area contributed by atoms with Crippen molar-refractivity contribution in [3.8, 4) is 0 Å². The minimum absolute atomic E-state index is 0.221. The first-order valence-electron chi connectivity index (χ1n) is 7.43. The number of rotatable bonds is 7. The summed E-state index contributed by atoms with van der Waals surface area (Å²) < 4.78 is 0. The minimum atomic E-state index is 0.221. The van der Waals surface area contributed by atoms with Crippen molar-refractivity contribution in [2.45, 2.75) is 57.9 Å². The molecule has 0 heterocycles. The molecule has 1 nitrogen and oxygen atoms in total. The summed E-state index contributed by atoms with van der Waals surface area (Å²) in [5.41, 5.74) is 1.68. The fourth-order valence-corrected chi connectivity index (χ4v) is 2.71. The van der Waals surface area contributed by atoms with E-state index in [1.54, 1.807) is 0 Å². The van der Waals surface area contributed by atoms with Crippen molar-refractivity contribution in [1.29, 1.82) is 0 Å². The maximum atomic E-state index is 3.78. The Bertz CT molecular complexity index is 351. The summed E-state index contributed by atoms with van der Waals surface area (Å²) in [6.45, 7) is 8.15. The third kappa shape index (κ3) is 3.35. The van der Waals surface area contributed by atoms with Crippen LogP contribution in [0.4, 0.5) is 0 Å². The van der Waals surface area contributed by atoms with Crippen molar-refractivity contribution in [3.63, 3.8) is 0 Å². The van der Waals surface area contributed by atoms with Gasteiger partial charge in [-0.1, -0.05) is 63.9 Å². The minimum Gasteiger partial charge on any atom is -0.313 e. The Morgan fingerprint density at radius 2 is 1.89 bits per heavy atom. The Balaban J connectivity index is 2.10. The molecule has 0 aromatic heterocycles. The molecule has 1 heteroatoms. The van der Waals surface area contributed by atoms with Gasteiger partial charge in [0.1, 0.15) is 0 Å². The number of hydrogen-bond donors (Lipinski definition) is 1. The molecule has 1 fully saturated rings. The molecule has 1 saturated carbocycles. The highest BCUT2D eigenvalue weighted by Gasteiger charge is 2.35. The molecule has 1 atom stereocenters. The molecule has 1 unspecified atom stereocenters. The largest absolute Gasteiger partial charge is 0.313 e. The van der Waals surface area contributed by atoms with Crippen molar-refractivity contribution < 1.29 is 0 Å². The fraction of sp³-hybridized carbons (Fsp3) is 0.647. The standard InChI is InChI=1S/C17H27N/c1-4-12-18-16(13-14-10-11-14)17(2,3)15-8-6-5-7-9-15/h5-9,14,16,18H,4,10-13H2,1-3H3. The number of hydrogen-bond acceptors (Lipinski definition) is 1. The highest BCUT2D eigenvalue weighted by Crippen LogP contribution is 2.39. The van der Waals surface area contributed by atoms with E-state index in [0.717, 1.165) is 12.5 Å². The van der Waals surface area contributed by atoms with Crippen LogP contribution >= 0.6 is 0 Å². The van der Waals surface area contributed by atoms with E-state index in [-0.39, 0.29) is 5.41 Å².